The minimum absolute atomic E-state index is 0. The van der Waals surface area contributed by atoms with Gasteiger partial charge < -0.3 is 10.2 Å². The van der Waals surface area contributed by atoms with E-state index in [-0.39, 0.29) is 37.2 Å². The van der Waals surface area contributed by atoms with E-state index in [0.717, 1.165) is 44.9 Å². The summed E-state index contributed by atoms with van der Waals surface area (Å²) >= 11 is 0. The van der Waals surface area contributed by atoms with Gasteiger partial charge in [0.25, 0.3) is 0 Å². The van der Waals surface area contributed by atoms with E-state index in [1.54, 1.807) is 0 Å². The largest absolute Gasteiger partial charge is 0.478 e. The van der Waals surface area contributed by atoms with E-state index in [1.807, 2.05) is 12.2 Å². The molecular weight excluding hydrogens is 355 g/mol. The van der Waals surface area contributed by atoms with Gasteiger partial charge in [-0.3, -0.25) is 0 Å². The molecule has 0 bridgehead atoms. The molecule has 0 rings (SSSR count). The van der Waals surface area contributed by atoms with Crippen molar-refractivity contribution in [3.05, 3.63) is 37.5 Å². The molecule has 0 saturated carbocycles. The van der Waals surface area contributed by atoms with Crippen LogP contribution in [0, 0.1) is 5.41 Å². The van der Waals surface area contributed by atoms with Gasteiger partial charge in [0, 0.05) is 38.4 Å². The first kappa shape index (κ1) is 26.4. The van der Waals surface area contributed by atoms with E-state index in [1.165, 1.54) is 6.92 Å². The number of aliphatic hydroxyl groups is 1. The summed E-state index contributed by atoms with van der Waals surface area (Å²) in [6.45, 7) is 14.6. The van der Waals surface area contributed by atoms with Crippen molar-refractivity contribution in [3.63, 3.8) is 0 Å². The molecule has 0 amide bonds. The SMILES string of the molecule is C=C(C)C(=O)O.C=CCCCC(CC)(CO)CCCC=C.[Zr]. The monoisotopic (exact) mass is 386 g/mol. The van der Waals surface area contributed by atoms with Crippen LogP contribution < -0.4 is 0 Å². The fourth-order valence-corrected chi connectivity index (χ4v) is 1.99. The van der Waals surface area contributed by atoms with Crippen LogP contribution in [0.25, 0.3) is 0 Å². The van der Waals surface area contributed by atoms with Crippen LogP contribution in [-0.4, -0.2) is 22.8 Å². The summed E-state index contributed by atoms with van der Waals surface area (Å²) in [5.74, 6) is -0.935. The van der Waals surface area contributed by atoms with E-state index in [2.05, 4.69) is 26.7 Å². The smallest absolute Gasteiger partial charge is 0.330 e. The second-order valence-electron chi connectivity index (χ2n) is 5.46. The quantitative estimate of drug-likeness (QED) is 0.306. The van der Waals surface area contributed by atoms with Gasteiger partial charge in [-0.15, -0.1) is 13.2 Å². The Morgan fingerprint density at radius 2 is 1.50 bits per heavy atom. The van der Waals surface area contributed by atoms with Gasteiger partial charge in [0.2, 0.25) is 0 Å². The Hall–Kier alpha value is -0.467. The second kappa shape index (κ2) is 16.9. The first-order chi connectivity index (χ1) is 9.89. The van der Waals surface area contributed by atoms with Crippen molar-refractivity contribution in [3.8, 4) is 0 Å². The van der Waals surface area contributed by atoms with Crippen molar-refractivity contribution in [1.29, 1.82) is 0 Å². The van der Waals surface area contributed by atoms with Gasteiger partial charge >= 0.3 is 5.97 Å². The van der Waals surface area contributed by atoms with Crippen molar-refractivity contribution in [1.82, 2.24) is 0 Å². The number of unbranched alkanes of at least 4 members (excludes halogenated alkanes) is 2. The summed E-state index contributed by atoms with van der Waals surface area (Å²) < 4.78 is 0. The van der Waals surface area contributed by atoms with E-state index in [4.69, 9.17) is 5.11 Å². The molecule has 126 valence electrons. The minimum Gasteiger partial charge on any atom is -0.478 e. The number of hydrogen-bond acceptors (Lipinski definition) is 2. The Morgan fingerprint density at radius 1 is 1.14 bits per heavy atom. The van der Waals surface area contributed by atoms with Crippen molar-refractivity contribution < 1.29 is 41.2 Å². The van der Waals surface area contributed by atoms with Gasteiger partial charge in [-0.1, -0.05) is 25.7 Å². The summed E-state index contributed by atoms with van der Waals surface area (Å²) in [6, 6.07) is 0. The molecule has 0 saturated heterocycles. The van der Waals surface area contributed by atoms with E-state index in [9.17, 15) is 9.90 Å². The van der Waals surface area contributed by atoms with Crippen molar-refractivity contribution in [2.75, 3.05) is 6.61 Å². The Bertz CT molecular complexity index is 292. The van der Waals surface area contributed by atoms with Crippen LogP contribution in [0.2, 0.25) is 0 Å². The van der Waals surface area contributed by atoms with Crippen molar-refractivity contribution >= 4 is 5.97 Å². The average molecular weight is 388 g/mol. The van der Waals surface area contributed by atoms with Gasteiger partial charge in [-0.05, 0) is 57.3 Å². The maximum Gasteiger partial charge on any atom is 0.330 e. The topological polar surface area (TPSA) is 57.5 Å². The molecule has 0 aliphatic carbocycles. The number of carboxylic acids is 1. The fourth-order valence-electron chi connectivity index (χ4n) is 1.99. The Labute approximate surface area is 155 Å². The number of rotatable bonds is 11. The molecule has 0 aliphatic heterocycles. The van der Waals surface area contributed by atoms with Gasteiger partial charge in [0.1, 0.15) is 0 Å². The molecule has 2 N–H and O–H groups in total. The van der Waals surface area contributed by atoms with E-state index >= 15 is 0 Å². The third-order valence-electron chi connectivity index (χ3n) is 3.68. The van der Waals surface area contributed by atoms with Crippen LogP contribution in [0.15, 0.2) is 37.5 Å². The van der Waals surface area contributed by atoms with Gasteiger partial charge in [-0.2, -0.15) is 0 Å². The predicted octanol–water partition coefficient (Wildman–Crippen LogP) is 4.73. The zero-order valence-corrected chi connectivity index (χ0v) is 16.7. The fraction of sp³-hybridized carbons (Fsp3) is 0.611. The van der Waals surface area contributed by atoms with Crippen LogP contribution in [0.1, 0.15) is 58.8 Å². The predicted molar refractivity (Wildman–Crippen MR) is 90.4 cm³/mol. The molecule has 3 nitrogen and oxygen atoms in total. The number of carboxylic acid groups (broad SMARTS) is 1. The number of hydrogen-bond donors (Lipinski definition) is 2. The third kappa shape index (κ3) is 14.5. The first-order valence-corrected chi connectivity index (χ1v) is 7.60. The molecule has 0 aromatic carbocycles. The maximum atomic E-state index is 9.60. The molecule has 0 spiro atoms. The van der Waals surface area contributed by atoms with E-state index in [0.29, 0.717) is 6.61 Å². The molecular formula is C18H32O3Zr. The molecule has 0 heterocycles. The molecule has 0 aliphatic rings. The zero-order chi connectivity index (χ0) is 16.7. The maximum absolute atomic E-state index is 9.60. The first-order valence-electron chi connectivity index (χ1n) is 7.60. The number of aliphatic carboxylic acids is 1. The van der Waals surface area contributed by atoms with Gasteiger partial charge in [0.05, 0.1) is 0 Å². The molecule has 4 heteroatoms. The summed E-state index contributed by atoms with van der Waals surface area (Å²) in [5, 5.41) is 17.4. The summed E-state index contributed by atoms with van der Waals surface area (Å²) in [6.07, 6.45) is 11.6. The summed E-state index contributed by atoms with van der Waals surface area (Å²) in [5.41, 5.74) is 0.321. The third-order valence-corrected chi connectivity index (χ3v) is 3.68. The molecule has 0 aromatic heterocycles. The molecule has 0 fully saturated rings. The van der Waals surface area contributed by atoms with Crippen molar-refractivity contribution in [2.45, 2.75) is 58.8 Å². The number of carbonyl (C=O) groups is 1. The number of aliphatic hydroxyl groups excluding tert-OH is 1. The number of allylic oxidation sites excluding steroid dienone is 2. The van der Waals surface area contributed by atoms with Crippen LogP contribution in [-0.2, 0) is 31.0 Å². The van der Waals surface area contributed by atoms with Crippen LogP contribution in [0.5, 0.6) is 0 Å². The zero-order valence-electron chi connectivity index (χ0n) is 14.2. The summed E-state index contributed by atoms with van der Waals surface area (Å²) in [7, 11) is 0. The standard InChI is InChI=1S/C14H26O.C4H6O2.Zr/c1-4-7-9-11-14(6-3,13-15)12-10-8-5-2;1-3(2)4(5)6;/h4-5,15H,1-2,6-13H2,3H3;1H2,2H3,(H,5,6);. The summed E-state index contributed by atoms with van der Waals surface area (Å²) in [4.78, 5) is 9.60. The molecule has 0 unspecified atom stereocenters. The van der Waals surface area contributed by atoms with Crippen LogP contribution in [0.3, 0.4) is 0 Å². The van der Waals surface area contributed by atoms with Gasteiger partial charge in [-0.25, -0.2) is 4.79 Å². The Morgan fingerprint density at radius 3 is 1.68 bits per heavy atom. The van der Waals surface area contributed by atoms with Crippen molar-refractivity contribution in [2.24, 2.45) is 5.41 Å². The Balaban J connectivity index is -0.000000439. The van der Waals surface area contributed by atoms with Crippen LogP contribution in [0.4, 0.5) is 0 Å². The Kier molecular flexibility index (Phi) is 20.3. The minimum atomic E-state index is -0.935. The normalized spacial score (nSPS) is 9.77. The van der Waals surface area contributed by atoms with Gasteiger partial charge in [0.15, 0.2) is 0 Å². The van der Waals surface area contributed by atoms with E-state index < -0.39 is 5.97 Å². The molecule has 0 radical (unpaired) electrons. The van der Waals surface area contributed by atoms with Crippen LogP contribution >= 0.6 is 0 Å². The molecule has 0 aromatic rings. The average Bonchev–Trinajstić information content (AvgIpc) is 2.46. The molecule has 0 atom stereocenters. The molecule has 22 heavy (non-hydrogen) atoms. The second-order valence-corrected chi connectivity index (χ2v) is 5.46.